The van der Waals surface area contributed by atoms with Gasteiger partial charge in [-0.15, -0.1) is 0 Å². The van der Waals surface area contributed by atoms with Crippen molar-refractivity contribution in [3.05, 3.63) is 34.9 Å². The lowest BCUT2D eigenvalue weighted by atomic mass is 9.93. The van der Waals surface area contributed by atoms with E-state index in [9.17, 15) is 0 Å². The van der Waals surface area contributed by atoms with Crippen LogP contribution in [-0.2, 0) is 17.7 Å². The van der Waals surface area contributed by atoms with Gasteiger partial charge in [0.2, 0.25) is 0 Å². The van der Waals surface area contributed by atoms with Crippen LogP contribution in [0.4, 0.5) is 0 Å². The molecule has 1 aromatic rings. The van der Waals surface area contributed by atoms with Crippen LogP contribution in [0.15, 0.2) is 18.2 Å². The van der Waals surface area contributed by atoms with Gasteiger partial charge in [-0.25, -0.2) is 0 Å². The third-order valence-electron chi connectivity index (χ3n) is 3.81. The summed E-state index contributed by atoms with van der Waals surface area (Å²) in [6.45, 7) is 8.85. The van der Waals surface area contributed by atoms with Gasteiger partial charge in [-0.3, -0.25) is 4.90 Å². The monoisotopic (exact) mass is 247 g/mol. The van der Waals surface area contributed by atoms with Crippen LogP contribution in [0.2, 0.25) is 0 Å². The zero-order valence-corrected chi connectivity index (χ0v) is 11.9. The Labute approximate surface area is 111 Å². The van der Waals surface area contributed by atoms with E-state index in [1.54, 1.807) is 12.7 Å². The third kappa shape index (κ3) is 3.33. The minimum atomic E-state index is 0.624. The minimum absolute atomic E-state index is 0.624. The average molecular weight is 247 g/mol. The van der Waals surface area contributed by atoms with Crippen molar-refractivity contribution in [3.8, 4) is 0 Å². The molecule has 0 spiro atoms. The molecule has 1 aliphatic rings. The maximum absolute atomic E-state index is 5.13. The van der Waals surface area contributed by atoms with Gasteiger partial charge in [-0.05, 0) is 35.4 Å². The molecule has 0 aromatic heterocycles. The lowest BCUT2D eigenvalue weighted by molar-refractivity contribution is 0.167. The van der Waals surface area contributed by atoms with E-state index >= 15 is 0 Å². The van der Waals surface area contributed by atoms with Gasteiger partial charge in [-0.1, -0.05) is 32.0 Å². The number of benzene rings is 1. The summed E-state index contributed by atoms with van der Waals surface area (Å²) < 4.78 is 5.13. The van der Waals surface area contributed by atoms with E-state index in [1.165, 1.54) is 24.1 Å². The summed E-state index contributed by atoms with van der Waals surface area (Å²) in [6, 6.07) is 7.03. The maximum Gasteiger partial charge on any atom is 0.0474 e. The summed E-state index contributed by atoms with van der Waals surface area (Å²) in [4.78, 5) is 2.55. The highest BCUT2D eigenvalue weighted by Crippen LogP contribution is 2.24. The van der Waals surface area contributed by atoms with Crippen molar-refractivity contribution in [2.24, 2.45) is 0 Å². The van der Waals surface area contributed by atoms with E-state index in [0.717, 1.165) is 26.1 Å². The predicted octanol–water partition coefficient (Wildman–Crippen LogP) is 3.20. The standard InChI is InChI=1S/C16H25NO/c1-13(2)15-6-5-14-7-9-17(8-4-10-18-3)12-16(14)11-15/h5-6,11,13H,4,7-10,12H2,1-3H3. The molecule has 0 fully saturated rings. The minimum Gasteiger partial charge on any atom is -0.385 e. The number of methoxy groups -OCH3 is 1. The lowest BCUT2D eigenvalue weighted by Gasteiger charge is -2.29. The Morgan fingerprint density at radius 2 is 2.11 bits per heavy atom. The maximum atomic E-state index is 5.13. The lowest BCUT2D eigenvalue weighted by Crippen LogP contribution is -2.31. The quantitative estimate of drug-likeness (QED) is 0.741. The van der Waals surface area contributed by atoms with Gasteiger partial charge in [0, 0.05) is 33.4 Å². The molecule has 0 bridgehead atoms. The fraction of sp³-hybridized carbons (Fsp3) is 0.625. The van der Waals surface area contributed by atoms with E-state index in [1.807, 2.05) is 0 Å². The zero-order chi connectivity index (χ0) is 13.0. The molecule has 1 heterocycles. The fourth-order valence-corrected chi connectivity index (χ4v) is 2.62. The topological polar surface area (TPSA) is 12.5 Å². The fourth-order valence-electron chi connectivity index (χ4n) is 2.62. The molecule has 0 saturated heterocycles. The van der Waals surface area contributed by atoms with Crippen LogP contribution < -0.4 is 0 Å². The van der Waals surface area contributed by atoms with Crippen LogP contribution in [-0.4, -0.2) is 31.7 Å². The van der Waals surface area contributed by atoms with Crippen molar-refractivity contribution in [1.82, 2.24) is 4.90 Å². The van der Waals surface area contributed by atoms with E-state index in [-0.39, 0.29) is 0 Å². The molecule has 18 heavy (non-hydrogen) atoms. The largest absolute Gasteiger partial charge is 0.385 e. The Kier molecular flexibility index (Phi) is 4.79. The van der Waals surface area contributed by atoms with E-state index in [0.29, 0.717) is 5.92 Å². The van der Waals surface area contributed by atoms with E-state index in [4.69, 9.17) is 4.74 Å². The van der Waals surface area contributed by atoms with Crippen LogP contribution in [0, 0.1) is 0 Å². The molecule has 0 N–H and O–H groups in total. The van der Waals surface area contributed by atoms with E-state index in [2.05, 4.69) is 36.9 Å². The summed E-state index contributed by atoms with van der Waals surface area (Å²) in [5, 5.41) is 0. The highest BCUT2D eigenvalue weighted by Gasteiger charge is 2.16. The number of hydrogen-bond acceptors (Lipinski definition) is 2. The van der Waals surface area contributed by atoms with Crippen LogP contribution >= 0.6 is 0 Å². The molecular formula is C16H25NO. The first-order valence-electron chi connectivity index (χ1n) is 7.03. The van der Waals surface area contributed by atoms with Crippen molar-refractivity contribution < 1.29 is 4.74 Å². The molecule has 2 heteroatoms. The number of rotatable bonds is 5. The number of nitrogens with zero attached hydrogens (tertiary/aromatic N) is 1. The van der Waals surface area contributed by atoms with Gasteiger partial charge in [0.1, 0.15) is 0 Å². The Morgan fingerprint density at radius 3 is 2.83 bits per heavy atom. The normalized spacial score (nSPS) is 16.0. The number of ether oxygens (including phenoxy) is 1. The molecule has 0 amide bonds. The Balaban J connectivity index is 2.00. The Bertz CT molecular complexity index is 387. The Morgan fingerprint density at radius 1 is 1.28 bits per heavy atom. The molecule has 2 nitrogen and oxygen atoms in total. The summed E-state index contributed by atoms with van der Waals surface area (Å²) in [6.07, 6.45) is 2.33. The average Bonchev–Trinajstić information content (AvgIpc) is 2.38. The molecule has 1 aliphatic heterocycles. The zero-order valence-electron chi connectivity index (χ0n) is 11.9. The second kappa shape index (κ2) is 6.35. The first kappa shape index (κ1) is 13.6. The van der Waals surface area contributed by atoms with Crippen LogP contribution in [0.25, 0.3) is 0 Å². The molecule has 2 rings (SSSR count). The summed E-state index contributed by atoms with van der Waals surface area (Å²) >= 11 is 0. The summed E-state index contributed by atoms with van der Waals surface area (Å²) in [5.74, 6) is 0.624. The number of fused-ring (bicyclic) bond motifs is 1. The second-order valence-corrected chi connectivity index (χ2v) is 5.56. The van der Waals surface area contributed by atoms with Crippen molar-refractivity contribution >= 4 is 0 Å². The van der Waals surface area contributed by atoms with Gasteiger partial charge >= 0.3 is 0 Å². The summed E-state index contributed by atoms with van der Waals surface area (Å²) in [7, 11) is 1.78. The van der Waals surface area contributed by atoms with Crippen molar-refractivity contribution in [1.29, 1.82) is 0 Å². The molecule has 1 aromatic carbocycles. The van der Waals surface area contributed by atoms with Crippen molar-refractivity contribution in [2.75, 3.05) is 26.8 Å². The summed E-state index contributed by atoms with van der Waals surface area (Å²) in [5.41, 5.74) is 4.54. The van der Waals surface area contributed by atoms with Crippen LogP contribution in [0.5, 0.6) is 0 Å². The molecule has 0 radical (unpaired) electrons. The molecule has 0 unspecified atom stereocenters. The molecule has 100 valence electrons. The van der Waals surface area contributed by atoms with Gasteiger partial charge < -0.3 is 4.74 Å². The van der Waals surface area contributed by atoms with Crippen LogP contribution in [0.1, 0.15) is 42.9 Å². The molecule has 0 saturated carbocycles. The van der Waals surface area contributed by atoms with Gasteiger partial charge in [0.15, 0.2) is 0 Å². The van der Waals surface area contributed by atoms with Gasteiger partial charge in [-0.2, -0.15) is 0 Å². The first-order chi connectivity index (χ1) is 8.70. The van der Waals surface area contributed by atoms with Gasteiger partial charge in [0.05, 0.1) is 0 Å². The Hall–Kier alpha value is -0.860. The van der Waals surface area contributed by atoms with Crippen LogP contribution in [0.3, 0.4) is 0 Å². The first-order valence-corrected chi connectivity index (χ1v) is 7.03. The molecule has 0 atom stereocenters. The van der Waals surface area contributed by atoms with E-state index < -0.39 is 0 Å². The SMILES string of the molecule is COCCCN1CCc2ccc(C(C)C)cc2C1. The smallest absolute Gasteiger partial charge is 0.0474 e. The third-order valence-corrected chi connectivity index (χ3v) is 3.81. The van der Waals surface area contributed by atoms with Crippen molar-refractivity contribution in [3.63, 3.8) is 0 Å². The molecule has 0 aliphatic carbocycles. The predicted molar refractivity (Wildman–Crippen MR) is 76.0 cm³/mol. The number of hydrogen-bond donors (Lipinski definition) is 0. The molecular weight excluding hydrogens is 222 g/mol. The van der Waals surface area contributed by atoms with Gasteiger partial charge in [0.25, 0.3) is 0 Å². The highest BCUT2D eigenvalue weighted by atomic mass is 16.5. The second-order valence-electron chi connectivity index (χ2n) is 5.56. The van der Waals surface area contributed by atoms with Crippen molar-refractivity contribution in [2.45, 2.75) is 39.2 Å². The highest BCUT2D eigenvalue weighted by molar-refractivity contribution is 5.35.